The van der Waals surface area contributed by atoms with Crippen LogP contribution in [0.25, 0.3) is 0 Å². The summed E-state index contributed by atoms with van der Waals surface area (Å²) in [5, 5.41) is 2.92. The predicted molar refractivity (Wildman–Crippen MR) is 139 cm³/mol. The van der Waals surface area contributed by atoms with Gasteiger partial charge in [-0.05, 0) is 76.0 Å². The molecule has 0 unspecified atom stereocenters. The summed E-state index contributed by atoms with van der Waals surface area (Å²) in [6, 6.07) is 6.61. The Labute approximate surface area is 216 Å². The molecule has 0 saturated heterocycles. The second-order valence-corrected chi connectivity index (χ2v) is 11.0. The normalized spacial score (nSPS) is 18.8. The maximum atomic E-state index is 12.9. The highest BCUT2D eigenvalue weighted by atomic mass is 16.6. The molecule has 2 amide bonds. The van der Waals surface area contributed by atoms with Crippen molar-refractivity contribution in [3.05, 3.63) is 29.8 Å². The number of ether oxygens (including phenoxy) is 3. The van der Waals surface area contributed by atoms with E-state index < -0.39 is 23.7 Å². The minimum absolute atomic E-state index is 0.0539. The average Bonchev–Trinajstić information content (AvgIpc) is 2.83. The van der Waals surface area contributed by atoms with Gasteiger partial charge < -0.3 is 24.4 Å². The Morgan fingerprint density at radius 1 is 1.06 bits per heavy atom. The zero-order chi connectivity index (χ0) is 26.9. The maximum absolute atomic E-state index is 12.9. The summed E-state index contributed by atoms with van der Waals surface area (Å²) in [5.74, 6) is 1.38. The Morgan fingerprint density at radius 2 is 1.67 bits per heavy atom. The number of rotatable bonds is 10. The molecule has 0 spiro atoms. The number of nitrogens with zero attached hydrogens (tertiary/aromatic N) is 1. The molecule has 1 aromatic carbocycles. The van der Waals surface area contributed by atoms with Crippen LogP contribution in [0, 0.1) is 17.8 Å². The first-order valence-corrected chi connectivity index (χ1v) is 12.9. The van der Waals surface area contributed by atoms with E-state index in [1.807, 2.05) is 45.0 Å². The van der Waals surface area contributed by atoms with Gasteiger partial charge in [0.15, 0.2) is 0 Å². The molecule has 1 aliphatic carbocycles. The van der Waals surface area contributed by atoms with Crippen LogP contribution in [-0.4, -0.2) is 61.8 Å². The van der Waals surface area contributed by atoms with Gasteiger partial charge in [-0.15, -0.1) is 0 Å². The van der Waals surface area contributed by atoms with Gasteiger partial charge in [0.25, 0.3) is 0 Å². The first-order valence-electron chi connectivity index (χ1n) is 12.9. The quantitative estimate of drug-likeness (QED) is 0.468. The molecule has 1 aliphatic rings. The molecule has 0 aromatic heterocycles. The lowest BCUT2D eigenvalue weighted by atomic mass is 9.76. The van der Waals surface area contributed by atoms with Crippen LogP contribution in [0.4, 0.5) is 4.79 Å². The van der Waals surface area contributed by atoms with Crippen molar-refractivity contribution < 1.29 is 28.6 Å². The van der Waals surface area contributed by atoms with Gasteiger partial charge in [0.2, 0.25) is 5.91 Å². The third-order valence-electron chi connectivity index (χ3n) is 6.65. The molecule has 0 heterocycles. The Morgan fingerprint density at radius 3 is 2.19 bits per heavy atom. The highest BCUT2D eigenvalue weighted by Crippen LogP contribution is 2.33. The molecule has 0 aliphatic heterocycles. The van der Waals surface area contributed by atoms with Crippen LogP contribution in [0.15, 0.2) is 24.3 Å². The molecule has 0 radical (unpaired) electrons. The number of nitrogens with one attached hydrogen (secondary N) is 1. The maximum Gasteiger partial charge on any atom is 0.410 e. The van der Waals surface area contributed by atoms with E-state index in [2.05, 4.69) is 19.2 Å². The summed E-state index contributed by atoms with van der Waals surface area (Å²) >= 11 is 0. The summed E-state index contributed by atoms with van der Waals surface area (Å²) in [4.78, 5) is 38.8. The molecular formula is C28H44N2O6. The number of amides is 2. The fraction of sp³-hybridized carbons (Fsp3) is 0.679. The van der Waals surface area contributed by atoms with E-state index in [-0.39, 0.29) is 11.8 Å². The number of esters is 1. The summed E-state index contributed by atoms with van der Waals surface area (Å²) in [6.45, 7) is 10.6. The van der Waals surface area contributed by atoms with E-state index in [1.54, 1.807) is 7.05 Å². The Bertz CT molecular complexity index is 854. The van der Waals surface area contributed by atoms with Crippen LogP contribution >= 0.6 is 0 Å². The van der Waals surface area contributed by atoms with Crippen LogP contribution in [0.1, 0.15) is 65.9 Å². The van der Waals surface area contributed by atoms with Crippen molar-refractivity contribution in [2.24, 2.45) is 17.8 Å². The smallest absolute Gasteiger partial charge is 0.410 e. The van der Waals surface area contributed by atoms with E-state index in [1.165, 1.54) is 12.0 Å². The lowest BCUT2D eigenvalue weighted by Crippen LogP contribution is -2.46. The highest BCUT2D eigenvalue weighted by molar-refractivity contribution is 5.86. The molecule has 8 nitrogen and oxygen atoms in total. The van der Waals surface area contributed by atoms with Crippen LogP contribution in [0.2, 0.25) is 0 Å². The number of hydrogen-bond acceptors (Lipinski definition) is 6. The van der Waals surface area contributed by atoms with Crippen molar-refractivity contribution in [1.29, 1.82) is 0 Å². The van der Waals surface area contributed by atoms with Gasteiger partial charge in [-0.25, -0.2) is 9.59 Å². The number of methoxy groups -OCH3 is 1. The van der Waals surface area contributed by atoms with Crippen molar-refractivity contribution in [2.45, 2.75) is 78.4 Å². The number of hydrogen-bond donors (Lipinski definition) is 1. The van der Waals surface area contributed by atoms with Crippen molar-refractivity contribution in [2.75, 3.05) is 27.3 Å². The average molecular weight is 505 g/mol. The van der Waals surface area contributed by atoms with Crippen molar-refractivity contribution in [1.82, 2.24) is 10.2 Å². The van der Waals surface area contributed by atoms with Gasteiger partial charge >= 0.3 is 12.1 Å². The fourth-order valence-corrected chi connectivity index (χ4v) is 4.36. The molecule has 1 aromatic rings. The van der Waals surface area contributed by atoms with Gasteiger partial charge in [0.05, 0.1) is 13.7 Å². The molecule has 202 valence electrons. The molecule has 2 rings (SSSR count). The summed E-state index contributed by atoms with van der Waals surface area (Å²) in [6.07, 6.45) is 3.75. The lowest BCUT2D eigenvalue weighted by molar-refractivity contribution is -0.145. The summed E-state index contributed by atoms with van der Waals surface area (Å²) in [7, 11) is 3.00. The molecule has 36 heavy (non-hydrogen) atoms. The first-order chi connectivity index (χ1) is 16.9. The summed E-state index contributed by atoms with van der Waals surface area (Å²) in [5.41, 5.74) is 0.337. The second-order valence-electron chi connectivity index (χ2n) is 11.0. The van der Waals surface area contributed by atoms with Crippen LogP contribution in [0.3, 0.4) is 0 Å². The number of benzene rings is 1. The lowest BCUT2D eigenvalue weighted by Gasteiger charge is -2.31. The third-order valence-corrected chi connectivity index (χ3v) is 6.65. The van der Waals surface area contributed by atoms with E-state index in [4.69, 9.17) is 14.2 Å². The standard InChI is InChI=1S/C28H44N2O6/c1-19(2)21-10-12-22(13-11-21)25(31)29-24(26(32)34-7)18-20-8-14-23(15-9-20)35-17-16-30(6)27(33)36-28(3,4)5/h8-9,14-15,19,21-22,24H,10-13,16-18H2,1-7H3,(H,29,31)/t21?,22?,24-/m0/s1. The SMILES string of the molecule is COC(=O)[C@H](Cc1ccc(OCCN(C)C(=O)OC(C)(C)C)cc1)NC(=O)C1CCC(C(C)C)CC1. The number of likely N-dealkylation sites (N-methyl/N-ethyl adjacent to an activating group) is 1. The first kappa shape index (κ1) is 29.5. The van der Waals surface area contributed by atoms with Crippen molar-refractivity contribution in [3.63, 3.8) is 0 Å². The molecule has 1 N–H and O–H groups in total. The minimum atomic E-state index is -0.737. The summed E-state index contributed by atoms with van der Waals surface area (Å²) < 4.78 is 16.0. The van der Waals surface area contributed by atoms with Crippen LogP contribution in [0.5, 0.6) is 5.75 Å². The molecule has 0 bridgehead atoms. The largest absolute Gasteiger partial charge is 0.492 e. The highest BCUT2D eigenvalue weighted by Gasteiger charge is 2.30. The minimum Gasteiger partial charge on any atom is -0.492 e. The Hall–Kier alpha value is -2.77. The molecule has 1 atom stereocenters. The second kappa shape index (κ2) is 13.5. The molecule has 8 heteroatoms. The monoisotopic (exact) mass is 504 g/mol. The van der Waals surface area contributed by atoms with Gasteiger partial charge in [0.1, 0.15) is 24.0 Å². The van der Waals surface area contributed by atoms with Crippen LogP contribution in [-0.2, 0) is 25.5 Å². The van der Waals surface area contributed by atoms with Gasteiger partial charge in [-0.2, -0.15) is 0 Å². The van der Waals surface area contributed by atoms with Crippen molar-refractivity contribution in [3.8, 4) is 5.75 Å². The zero-order valence-corrected chi connectivity index (χ0v) is 23.0. The number of carbonyl (C=O) groups excluding carboxylic acids is 3. The number of carbonyl (C=O) groups is 3. The Kier molecular flexibility index (Phi) is 11.1. The third kappa shape index (κ3) is 9.70. The van der Waals surface area contributed by atoms with Gasteiger partial charge in [0, 0.05) is 19.4 Å². The Balaban J connectivity index is 1.86. The van der Waals surface area contributed by atoms with Gasteiger partial charge in [-0.1, -0.05) is 26.0 Å². The molecular weight excluding hydrogens is 460 g/mol. The van der Waals surface area contributed by atoms with Crippen LogP contribution < -0.4 is 10.1 Å². The predicted octanol–water partition coefficient (Wildman–Crippen LogP) is 4.60. The van der Waals surface area contributed by atoms with E-state index in [9.17, 15) is 14.4 Å². The fourth-order valence-electron chi connectivity index (χ4n) is 4.36. The zero-order valence-electron chi connectivity index (χ0n) is 23.0. The molecule has 1 fully saturated rings. The topological polar surface area (TPSA) is 94.2 Å². The van der Waals surface area contributed by atoms with E-state index in [0.717, 1.165) is 31.2 Å². The van der Waals surface area contributed by atoms with Gasteiger partial charge in [-0.3, -0.25) is 4.79 Å². The van der Waals surface area contributed by atoms with E-state index >= 15 is 0 Å². The van der Waals surface area contributed by atoms with Crippen molar-refractivity contribution >= 4 is 18.0 Å². The van der Waals surface area contributed by atoms with E-state index in [0.29, 0.717) is 37.2 Å². The molecule has 1 saturated carbocycles.